The van der Waals surface area contributed by atoms with E-state index >= 15 is 0 Å². The molecule has 0 atom stereocenters. The molecule has 2 aromatic carbocycles. The molecule has 0 fully saturated rings. The number of hydrogen-bond acceptors (Lipinski definition) is 8. The first-order chi connectivity index (χ1) is 14.4. The molecule has 3 rings (SSSR count). The zero-order valence-corrected chi connectivity index (χ0v) is 16.5. The monoisotopic (exact) mass is 427 g/mol. The number of nitrogens with one attached hydrogen (secondary N) is 2. The number of hydrogen-bond donors (Lipinski definition) is 2. The summed E-state index contributed by atoms with van der Waals surface area (Å²) in [6.07, 6.45) is 4.64. The summed E-state index contributed by atoms with van der Waals surface area (Å²) < 4.78 is 33.3. The van der Waals surface area contributed by atoms with Crippen LogP contribution in [0.25, 0.3) is 0 Å². The van der Waals surface area contributed by atoms with E-state index in [0.29, 0.717) is 5.75 Å². The molecule has 30 heavy (non-hydrogen) atoms. The zero-order valence-electron chi connectivity index (χ0n) is 15.7. The van der Waals surface area contributed by atoms with E-state index < -0.39 is 14.9 Å². The number of nitrogens with zero attached hydrogens (tertiary/aromatic N) is 3. The highest BCUT2D eigenvalue weighted by Gasteiger charge is 2.22. The van der Waals surface area contributed by atoms with Crippen LogP contribution in [-0.2, 0) is 10.0 Å². The van der Waals surface area contributed by atoms with Crippen LogP contribution in [0, 0.1) is 10.1 Å². The minimum absolute atomic E-state index is 0.0758. The van der Waals surface area contributed by atoms with Crippen LogP contribution in [0.3, 0.4) is 0 Å². The highest BCUT2D eigenvalue weighted by molar-refractivity contribution is 7.92. The lowest BCUT2D eigenvalue weighted by Crippen LogP contribution is -2.15. The molecule has 1 aromatic heterocycles. The van der Waals surface area contributed by atoms with Gasteiger partial charge in [-0.3, -0.25) is 25.2 Å². The van der Waals surface area contributed by atoms with Crippen molar-refractivity contribution in [3.63, 3.8) is 0 Å². The van der Waals surface area contributed by atoms with Crippen molar-refractivity contribution >= 4 is 33.3 Å². The third-order valence-corrected chi connectivity index (χ3v) is 5.33. The smallest absolute Gasteiger partial charge is 0.270 e. The van der Waals surface area contributed by atoms with Crippen molar-refractivity contribution in [2.75, 3.05) is 17.3 Å². The Bertz CT molecular complexity index is 1170. The van der Waals surface area contributed by atoms with E-state index in [2.05, 4.69) is 20.2 Å². The van der Waals surface area contributed by atoms with Crippen molar-refractivity contribution in [2.24, 2.45) is 5.10 Å². The third kappa shape index (κ3) is 5.08. The van der Waals surface area contributed by atoms with Crippen LogP contribution < -0.4 is 14.9 Å². The van der Waals surface area contributed by atoms with Gasteiger partial charge in [-0.1, -0.05) is 0 Å². The van der Waals surface area contributed by atoms with E-state index in [1.807, 2.05) is 0 Å². The van der Waals surface area contributed by atoms with Gasteiger partial charge >= 0.3 is 0 Å². The Balaban J connectivity index is 1.92. The van der Waals surface area contributed by atoms with Crippen molar-refractivity contribution in [2.45, 2.75) is 4.90 Å². The Hall–Kier alpha value is -3.99. The molecular formula is C19H17N5O5S. The maximum atomic E-state index is 12.9. The number of anilines is 2. The van der Waals surface area contributed by atoms with Crippen LogP contribution in [0.2, 0.25) is 0 Å². The van der Waals surface area contributed by atoms with Crippen LogP contribution in [0.5, 0.6) is 5.75 Å². The highest BCUT2D eigenvalue weighted by Crippen LogP contribution is 2.28. The highest BCUT2D eigenvalue weighted by atomic mass is 32.2. The summed E-state index contributed by atoms with van der Waals surface area (Å²) in [6.45, 7) is 0. The topological polar surface area (TPSA) is 136 Å². The molecule has 1 heterocycles. The second-order valence-corrected chi connectivity index (χ2v) is 7.57. The molecular weight excluding hydrogens is 410 g/mol. The summed E-state index contributed by atoms with van der Waals surface area (Å²) in [5, 5.41) is 15.1. The molecule has 0 unspecified atom stereocenters. The molecule has 0 bridgehead atoms. The molecule has 2 N–H and O–H groups in total. The van der Waals surface area contributed by atoms with Gasteiger partial charge in [-0.05, 0) is 48.0 Å². The van der Waals surface area contributed by atoms with Gasteiger partial charge in [0.25, 0.3) is 15.7 Å². The van der Waals surface area contributed by atoms with E-state index in [1.165, 1.54) is 37.6 Å². The second kappa shape index (κ2) is 9.01. The second-order valence-electron chi connectivity index (χ2n) is 5.92. The number of ether oxygens (including phenoxy) is 1. The van der Waals surface area contributed by atoms with Crippen LogP contribution in [0.1, 0.15) is 5.56 Å². The molecule has 0 aliphatic rings. The number of sulfonamides is 1. The fourth-order valence-corrected chi connectivity index (χ4v) is 3.67. The average Bonchev–Trinajstić information content (AvgIpc) is 2.75. The number of hydrazone groups is 1. The number of nitro groups is 1. The van der Waals surface area contributed by atoms with Crippen molar-refractivity contribution in [1.29, 1.82) is 0 Å². The van der Waals surface area contributed by atoms with Gasteiger partial charge in [0.2, 0.25) is 0 Å². The van der Waals surface area contributed by atoms with Crippen molar-refractivity contribution in [1.82, 2.24) is 4.98 Å². The van der Waals surface area contributed by atoms with Crippen molar-refractivity contribution in [3.8, 4) is 5.75 Å². The average molecular weight is 427 g/mol. The maximum absolute atomic E-state index is 12.9. The molecule has 154 valence electrons. The molecule has 3 aromatic rings. The Kier molecular flexibility index (Phi) is 6.23. The minimum atomic E-state index is -4.16. The molecule has 0 aliphatic heterocycles. The number of benzene rings is 2. The number of nitro benzene ring substituents is 1. The Morgan fingerprint density at radius 3 is 2.43 bits per heavy atom. The van der Waals surface area contributed by atoms with Gasteiger partial charge in [-0.2, -0.15) is 5.10 Å². The largest absolute Gasteiger partial charge is 0.497 e. The lowest BCUT2D eigenvalue weighted by molar-refractivity contribution is -0.385. The molecule has 0 radical (unpaired) electrons. The lowest BCUT2D eigenvalue weighted by atomic mass is 10.3. The number of aromatic nitrogens is 1. The van der Waals surface area contributed by atoms with E-state index in [1.54, 1.807) is 36.7 Å². The molecule has 0 saturated carbocycles. The quantitative estimate of drug-likeness (QED) is 0.320. The van der Waals surface area contributed by atoms with Gasteiger partial charge in [0.1, 0.15) is 10.6 Å². The van der Waals surface area contributed by atoms with Crippen molar-refractivity contribution < 1.29 is 18.1 Å². The Morgan fingerprint density at radius 1 is 1.10 bits per heavy atom. The van der Waals surface area contributed by atoms with Gasteiger partial charge in [0, 0.05) is 30.2 Å². The summed E-state index contributed by atoms with van der Waals surface area (Å²) in [4.78, 5) is 14.0. The van der Waals surface area contributed by atoms with Gasteiger partial charge in [0.05, 0.1) is 23.9 Å². The lowest BCUT2D eigenvalue weighted by Gasteiger charge is -2.12. The molecule has 0 amide bonds. The summed E-state index contributed by atoms with van der Waals surface area (Å²) >= 11 is 0. The van der Waals surface area contributed by atoms with Gasteiger partial charge in [-0.15, -0.1) is 0 Å². The minimum Gasteiger partial charge on any atom is -0.497 e. The summed E-state index contributed by atoms with van der Waals surface area (Å²) in [7, 11) is -2.66. The first kappa shape index (κ1) is 20.7. The first-order valence-corrected chi connectivity index (χ1v) is 10.0. The first-order valence-electron chi connectivity index (χ1n) is 8.53. The fraction of sp³-hybridized carbons (Fsp3) is 0.0526. The van der Waals surface area contributed by atoms with Gasteiger partial charge in [0.15, 0.2) is 0 Å². The SMILES string of the molecule is COc1ccc(NS(=O)(=O)c2cc([N+](=O)[O-])ccc2N/N=C/c2ccncc2)cc1. The number of rotatable bonds is 8. The van der Waals surface area contributed by atoms with Crippen LogP contribution in [0.4, 0.5) is 17.1 Å². The van der Waals surface area contributed by atoms with Gasteiger partial charge in [-0.25, -0.2) is 8.42 Å². The van der Waals surface area contributed by atoms with Crippen LogP contribution >= 0.6 is 0 Å². The molecule has 10 nitrogen and oxygen atoms in total. The fourth-order valence-electron chi connectivity index (χ4n) is 2.43. The number of pyridine rings is 1. The Morgan fingerprint density at radius 2 is 1.80 bits per heavy atom. The Labute approximate surface area is 172 Å². The van der Waals surface area contributed by atoms with Crippen LogP contribution in [-0.4, -0.2) is 31.6 Å². The van der Waals surface area contributed by atoms with E-state index in [0.717, 1.165) is 11.6 Å². The summed E-state index contributed by atoms with van der Waals surface area (Å²) in [5.74, 6) is 0.557. The predicted octanol–water partition coefficient (Wildman–Crippen LogP) is 3.25. The molecule has 11 heteroatoms. The maximum Gasteiger partial charge on any atom is 0.270 e. The zero-order chi connectivity index (χ0) is 21.6. The molecule has 0 spiro atoms. The third-order valence-electron chi connectivity index (χ3n) is 3.91. The molecule has 0 aliphatic carbocycles. The van der Waals surface area contributed by atoms with E-state index in [9.17, 15) is 18.5 Å². The number of methoxy groups -OCH3 is 1. The molecule has 0 saturated heterocycles. The predicted molar refractivity (Wildman–Crippen MR) is 112 cm³/mol. The standard InChI is InChI=1S/C19H17N5O5S/c1-29-17-5-2-15(3-6-17)23-30(27,28)19-12-16(24(25)26)4-7-18(19)22-21-13-14-8-10-20-11-9-14/h2-13,22-23H,1H3/b21-13+. The summed E-state index contributed by atoms with van der Waals surface area (Å²) in [5.41, 5.74) is 3.34. The van der Waals surface area contributed by atoms with Crippen LogP contribution in [0.15, 0.2) is 77.0 Å². The number of non-ortho nitro benzene ring substituents is 1. The normalized spacial score (nSPS) is 11.2. The van der Waals surface area contributed by atoms with Gasteiger partial charge < -0.3 is 4.74 Å². The van der Waals surface area contributed by atoms with E-state index in [4.69, 9.17) is 4.74 Å². The van der Waals surface area contributed by atoms with Crippen molar-refractivity contribution in [3.05, 3.63) is 82.7 Å². The van der Waals surface area contributed by atoms with E-state index in [-0.39, 0.29) is 22.0 Å². The summed E-state index contributed by atoms with van der Waals surface area (Å²) in [6, 6.07) is 13.1.